The minimum Gasteiger partial charge on any atom is -0.543 e. The van der Waals surface area contributed by atoms with Crippen molar-refractivity contribution in [2.75, 3.05) is 6.61 Å². The minimum atomic E-state index is -1.91. The molecule has 0 saturated carbocycles. The Hall–Kier alpha value is -1.29. The molecule has 1 aromatic rings. The fourth-order valence-electron chi connectivity index (χ4n) is 1.59. The molecule has 118 valence electrons. The van der Waals surface area contributed by atoms with E-state index in [-0.39, 0.29) is 5.04 Å². The third kappa shape index (κ3) is 5.19. The van der Waals surface area contributed by atoms with Gasteiger partial charge in [-0.1, -0.05) is 34.1 Å². The normalized spacial score (nSPS) is 12.1. The van der Waals surface area contributed by atoms with E-state index >= 15 is 0 Å². The Bertz CT molecular complexity index is 475. The number of hydrogen-bond donors (Lipinski definition) is 0. The lowest BCUT2D eigenvalue weighted by molar-refractivity contribution is 0.112. The van der Waals surface area contributed by atoms with Crippen LogP contribution in [0.3, 0.4) is 0 Å². The van der Waals surface area contributed by atoms with Crippen LogP contribution in [0, 0.1) is 0 Å². The second-order valence-electron chi connectivity index (χ2n) is 6.92. The van der Waals surface area contributed by atoms with E-state index in [0.717, 1.165) is 24.9 Å². The Kier molecular flexibility index (Phi) is 6.02. The zero-order valence-corrected chi connectivity index (χ0v) is 15.2. The van der Waals surface area contributed by atoms with Gasteiger partial charge in [-0.15, -0.1) is 0 Å². The molecule has 0 fully saturated rings. The lowest BCUT2D eigenvalue weighted by Gasteiger charge is -2.36. The van der Waals surface area contributed by atoms with Crippen LogP contribution >= 0.6 is 0 Å². The number of rotatable bonds is 7. The highest BCUT2D eigenvalue weighted by Gasteiger charge is 2.39. The zero-order chi connectivity index (χ0) is 16.1. The summed E-state index contributed by atoms with van der Waals surface area (Å²) in [5.41, 5.74) is 0.595. The van der Waals surface area contributed by atoms with E-state index in [4.69, 9.17) is 9.16 Å². The maximum Gasteiger partial charge on any atom is 0.250 e. The Balaban J connectivity index is 2.96. The van der Waals surface area contributed by atoms with Crippen molar-refractivity contribution in [2.45, 2.75) is 58.7 Å². The number of hydrogen-bond acceptors (Lipinski definition) is 3. The number of benzene rings is 1. The molecule has 1 rings (SSSR count). The summed E-state index contributed by atoms with van der Waals surface area (Å²) >= 11 is 0. The maximum atomic E-state index is 11.1. The molecule has 0 saturated heterocycles. The van der Waals surface area contributed by atoms with Crippen molar-refractivity contribution in [3.8, 4) is 11.5 Å². The number of ether oxygens (including phenoxy) is 1. The predicted octanol–water partition coefficient (Wildman–Crippen LogP) is 5.06. The molecule has 0 heterocycles. The van der Waals surface area contributed by atoms with Crippen molar-refractivity contribution in [3.63, 3.8) is 0 Å². The molecular formula is C17H28O3Si. The van der Waals surface area contributed by atoms with E-state index in [1.54, 1.807) is 12.1 Å². The van der Waals surface area contributed by atoms with E-state index < -0.39 is 8.32 Å². The Labute approximate surface area is 129 Å². The van der Waals surface area contributed by atoms with Gasteiger partial charge in [-0.25, -0.2) is 0 Å². The molecule has 0 aliphatic heterocycles. The number of aldehydes is 1. The first kappa shape index (κ1) is 17.8. The van der Waals surface area contributed by atoms with Gasteiger partial charge in [0.05, 0.1) is 6.61 Å². The molecule has 0 bridgehead atoms. The first-order valence-corrected chi connectivity index (χ1v) is 10.5. The molecule has 0 aliphatic rings. The fourth-order valence-corrected chi connectivity index (χ4v) is 2.60. The molecule has 21 heavy (non-hydrogen) atoms. The van der Waals surface area contributed by atoms with Crippen molar-refractivity contribution >= 4 is 14.6 Å². The number of unbranched alkanes of at least 4 members (excludes halogenated alkanes) is 1. The van der Waals surface area contributed by atoms with Crippen LogP contribution in [-0.4, -0.2) is 21.2 Å². The van der Waals surface area contributed by atoms with Crippen LogP contribution in [0.15, 0.2) is 18.2 Å². The fraction of sp³-hybridized carbons (Fsp3) is 0.588. The Morgan fingerprint density at radius 1 is 1.14 bits per heavy atom. The van der Waals surface area contributed by atoms with Crippen molar-refractivity contribution in [3.05, 3.63) is 23.8 Å². The average molecular weight is 308 g/mol. The Morgan fingerprint density at radius 3 is 2.29 bits per heavy atom. The van der Waals surface area contributed by atoms with Crippen LogP contribution in [0.1, 0.15) is 50.9 Å². The topological polar surface area (TPSA) is 35.5 Å². The third-order valence-corrected chi connectivity index (χ3v) is 8.34. The summed E-state index contributed by atoms with van der Waals surface area (Å²) in [6.45, 7) is 13.8. The highest BCUT2D eigenvalue weighted by atomic mass is 28.4. The molecule has 0 N–H and O–H groups in total. The highest BCUT2D eigenvalue weighted by Crippen LogP contribution is 2.38. The second kappa shape index (κ2) is 7.12. The maximum absolute atomic E-state index is 11.1. The van der Waals surface area contributed by atoms with Gasteiger partial charge < -0.3 is 9.16 Å². The Morgan fingerprint density at radius 2 is 1.76 bits per heavy atom. The molecular weight excluding hydrogens is 280 g/mol. The van der Waals surface area contributed by atoms with Gasteiger partial charge in [-0.05, 0) is 36.7 Å². The standard InChI is InChI=1S/C17H28O3Si/c1-7-8-9-19-15-10-14(13-18)11-16(12-15)20-21(5,6)17(2,3)4/h10-13H,7-9H2,1-6H3. The molecule has 0 spiro atoms. The van der Waals surface area contributed by atoms with E-state index in [9.17, 15) is 4.79 Å². The van der Waals surface area contributed by atoms with E-state index in [1.807, 2.05) is 6.07 Å². The zero-order valence-electron chi connectivity index (χ0n) is 14.2. The quantitative estimate of drug-likeness (QED) is 0.401. The van der Waals surface area contributed by atoms with Crippen LogP contribution in [0.2, 0.25) is 18.1 Å². The molecule has 0 atom stereocenters. The predicted molar refractivity (Wildman–Crippen MR) is 90.1 cm³/mol. The van der Waals surface area contributed by atoms with Gasteiger partial charge in [0, 0.05) is 11.6 Å². The summed E-state index contributed by atoms with van der Waals surface area (Å²) in [5, 5.41) is 0.118. The van der Waals surface area contributed by atoms with E-state index in [0.29, 0.717) is 17.9 Å². The SMILES string of the molecule is CCCCOc1cc(C=O)cc(O[Si](C)(C)C(C)(C)C)c1. The van der Waals surface area contributed by atoms with Gasteiger partial charge in [0.1, 0.15) is 17.8 Å². The first-order valence-electron chi connectivity index (χ1n) is 7.61. The van der Waals surface area contributed by atoms with Gasteiger partial charge >= 0.3 is 0 Å². The van der Waals surface area contributed by atoms with Crippen molar-refractivity contribution < 1.29 is 14.0 Å². The molecule has 0 radical (unpaired) electrons. The summed E-state index contributed by atoms with van der Waals surface area (Å²) in [5.74, 6) is 1.44. The minimum absolute atomic E-state index is 0.118. The van der Waals surface area contributed by atoms with Gasteiger partial charge in [0.25, 0.3) is 0 Å². The van der Waals surface area contributed by atoms with Gasteiger partial charge in [0.2, 0.25) is 8.32 Å². The van der Waals surface area contributed by atoms with Crippen molar-refractivity contribution in [1.82, 2.24) is 0 Å². The van der Waals surface area contributed by atoms with Crippen LogP contribution in [0.4, 0.5) is 0 Å². The van der Waals surface area contributed by atoms with Crippen LogP contribution in [-0.2, 0) is 0 Å². The van der Waals surface area contributed by atoms with E-state index in [2.05, 4.69) is 40.8 Å². The molecule has 1 aromatic carbocycles. The summed E-state index contributed by atoms with van der Waals surface area (Å²) in [6, 6.07) is 5.45. The van der Waals surface area contributed by atoms with Crippen LogP contribution < -0.4 is 9.16 Å². The first-order chi connectivity index (χ1) is 9.69. The van der Waals surface area contributed by atoms with Crippen molar-refractivity contribution in [1.29, 1.82) is 0 Å². The smallest absolute Gasteiger partial charge is 0.250 e. The van der Waals surface area contributed by atoms with Gasteiger partial charge in [-0.2, -0.15) is 0 Å². The second-order valence-corrected chi connectivity index (χ2v) is 11.6. The summed E-state index contributed by atoms with van der Waals surface area (Å²) in [7, 11) is -1.91. The summed E-state index contributed by atoms with van der Waals surface area (Å²) in [6.07, 6.45) is 2.93. The van der Waals surface area contributed by atoms with Crippen LogP contribution in [0.5, 0.6) is 11.5 Å². The lowest BCUT2D eigenvalue weighted by Crippen LogP contribution is -2.43. The monoisotopic (exact) mass is 308 g/mol. The highest BCUT2D eigenvalue weighted by molar-refractivity contribution is 6.74. The summed E-state index contributed by atoms with van der Waals surface area (Å²) in [4.78, 5) is 11.1. The van der Waals surface area contributed by atoms with Gasteiger partial charge in [0.15, 0.2) is 0 Å². The van der Waals surface area contributed by atoms with Crippen molar-refractivity contribution in [2.24, 2.45) is 0 Å². The largest absolute Gasteiger partial charge is 0.543 e. The number of carbonyl (C=O) groups excluding carboxylic acids is 1. The summed E-state index contributed by atoms with van der Waals surface area (Å²) < 4.78 is 12.0. The molecule has 0 aromatic heterocycles. The molecule has 0 amide bonds. The molecule has 0 aliphatic carbocycles. The third-order valence-electron chi connectivity index (χ3n) is 3.98. The van der Waals surface area contributed by atoms with E-state index in [1.165, 1.54) is 0 Å². The van der Waals surface area contributed by atoms with Crippen LogP contribution in [0.25, 0.3) is 0 Å². The lowest BCUT2D eigenvalue weighted by atomic mass is 10.2. The number of carbonyl (C=O) groups is 1. The van der Waals surface area contributed by atoms with Gasteiger partial charge in [-0.3, -0.25) is 4.79 Å². The average Bonchev–Trinajstić information content (AvgIpc) is 2.37. The molecule has 4 heteroatoms. The molecule has 0 unspecified atom stereocenters. The molecule has 3 nitrogen and oxygen atoms in total.